The normalized spacial score (nSPS) is 25.7. The van der Waals surface area contributed by atoms with Crippen molar-refractivity contribution in [2.45, 2.75) is 70.5 Å². The Bertz CT molecular complexity index is 1200. The molecule has 34 heavy (non-hydrogen) atoms. The zero-order valence-corrected chi connectivity index (χ0v) is 20.3. The molecule has 1 aliphatic carbocycles. The number of carbonyl (C=O) groups is 2. The quantitative estimate of drug-likeness (QED) is 0.600. The van der Waals surface area contributed by atoms with Crippen LogP contribution in [-0.4, -0.2) is 44.4 Å². The van der Waals surface area contributed by atoms with E-state index in [1.165, 1.54) is 6.42 Å². The number of nitrogens with one attached hydrogen (secondary N) is 1. The van der Waals surface area contributed by atoms with E-state index in [2.05, 4.69) is 36.3 Å². The van der Waals surface area contributed by atoms with Crippen molar-refractivity contribution >= 4 is 22.8 Å². The zero-order valence-electron chi connectivity index (χ0n) is 20.3. The molecule has 178 valence electrons. The third-order valence-corrected chi connectivity index (χ3v) is 7.89. The van der Waals surface area contributed by atoms with Crippen LogP contribution in [0.25, 0.3) is 11.0 Å². The summed E-state index contributed by atoms with van der Waals surface area (Å²) in [5.41, 5.74) is 1.82. The maximum absolute atomic E-state index is 13.9. The number of nitrogens with zero attached hydrogens (tertiary/aromatic N) is 3. The van der Waals surface area contributed by atoms with Gasteiger partial charge in [0, 0.05) is 12.6 Å². The lowest BCUT2D eigenvalue weighted by atomic mass is 9.84. The average molecular weight is 459 g/mol. The summed E-state index contributed by atoms with van der Waals surface area (Å²) in [6.45, 7) is 7.10. The Hall–Kier alpha value is -3.15. The van der Waals surface area contributed by atoms with Crippen LogP contribution in [0.4, 0.5) is 0 Å². The third-order valence-electron chi connectivity index (χ3n) is 7.89. The van der Waals surface area contributed by atoms with Crippen molar-refractivity contribution in [1.82, 2.24) is 19.8 Å². The van der Waals surface area contributed by atoms with E-state index in [-0.39, 0.29) is 23.8 Å². The highest BCUT2D eigenvalue weighted by atomic mass is 16.2. The van der Waals surface area contributed by atoms with Gasteiger partial charge in [0.15, 0.2) is 5.82 Å². The lowest BCUT2D eigenvalue weighted by Crippen LogP contribution is -2.66. The van der Waals surface area contributed by atoms with Crippen LogP contribution in [-0.2, 0) is 11.3 Å². The van der Waals surface area contributed by atoms with Gasteiger partial charge in [-0.25, -0.2) is 4.98 Å². The average Bonchev–Trinajstić information content (AvgIpc) is 3.22. The fourth-order valence-electron chi connectivity index (χ4n) is 5.63. The number of para-hydroxylation sites is 2. The smallest absolute Gasteiger partial charge is 0.290 e. The number of carbonyl (C=O) groups excluding carboxylic acids is 2. The van der Waals surface area contributed by atoms with Crippen molar-refractivity contribution in [3.05, 3.63) is 66.0 Å². The SMILES string of the molecule is C[C@H](CN1C(=O)c2nc3ccccc3n2C[C@]1(C)C(=O)N[C@@H]1CCCC[C@H]1C)c1ccccc1. The topological polar surface area (TPSA) is 67.2 Å². The molecule has 1 aliphatic heterocycles. The molecule has 2 heterocycles. The zero-order chi connectivity index (χ0) is 23.9. The molecule has 1 saturated carbocycles. The summed E-state index contributed by atoms with van der Waals surface area (Å²) in [4.78, 5) is 34.3. The highest BCUT2D eigenvalue weighted by Crippen LogP contribution is 2.33. The lowest BCUT2D eigenvalue weighted by molar-refractivity contribution is -0.134. The van der Waals surface area contributed by atoms with Crippen LogP contribution in [0.2, 0.25) is 0 Å². The second-order valence-electron chi connectivity index (χ2n) is 10.4. The number of hydrogen-bond acceptors (Lipinski definition) is 3. The first-order valence-electron chi connectivity index (χ1n) is 12.5. The lowest BCUT2D eigenvalue weighted by Gasteiger charge is -2.45. The maximum Gasteiger partial charge on any atom is 0.290 e. The fourth-order valence-corrected chi connectivity index (χ4v) is 5.63. The first-order valence-corrected chi connectivity index (χ1v) is 12.5. The van der Waals surface area contributed by atoms with Gasteiger partial charge in [0.25, 0.3) is 5.91 Å². The van der Waals surface area contributed by atoms with E-state index < -0.39 is 5.54 Å². The molecule has 0 spiro atoms. The first-order chi connectivity index (χ1) is 16.4. The summed E-state index contributed by atoms with van der Waals surface area (Å²) in [5, 5.41) is 3.35. The van der Waals surface area contributed by atoms with Gasteiger partial charge in [-0.15, -0.1) is 0 Å². The number of rotatable bonds is 5. The standard InChI is InChI=1S/C28H34N4O2/c1-19-11-7-8-14-22(19)30-27(34)28(3)18-31-24-16-10-9-15-23(24)29-25(31)26(33)32(28)17-20(2)21-12-5-4-6-13-21/h4-6,9-10,12-13,15-16,19-20,22H,7-8,11,14,17-18H2,1-3H3,(H,30,34)/t19-,20-,22-,28-/m1/s1. The van der Waals surface area contributed by atoms with Gasteiger partial charge in [0.05, 0.1) is 17.6 Å². The van der Waals surface area contributed by atoms with E-state index in [1.54, 1.807) is 4.90 Å². The molecule has 2 amide bonds. The van der Waals surface area contributed by atoms with Gasteiger partial charge in [0.1, 0.15) is 5.54 Å². The Morgan fingerprint density at radius 2 is 1.82 bits per heavy atom. The molecule has 0 radical (unpaired) electrons. The van der Waals surface area contributed by atoms with Gasteiger partial charge in [-0.2, -0.15) is 0 Å². The summed E-state index contributed by atoms with van der Waals surface area (Å²) in [6, 6.07) is 18.1. The van der Waals surface area contributed by atoms with Crippen molar-refractivity contribution in [3.8, 4) is 0 Å². The Balaban J connectivity index is 1.52. The van der Waals surface area contributed by atoms with Crippen molar-refractivity contribution in [1.29, 1.82) is 0 Å². The van der Waals surface area contributed by atoms with E-state index in [0.717, 1.165) is 35.9 Å². The Kier molecular flexibility index (Phi) is 5.92. The predicted octanol–water partition coefficient (Wildman–Crippen LogP) is 4.75. The Morgan fingerprint density at radius 3 is 2.59 bits per heavy atom. The number of hydrogen-bond donors (Lipinski definition) is 1. The molecular weight excluding hydrogens is 424 g/mol. The van der Waals surface area contributed by atoms with Crippen LogP contribution in [0.15, 0.2) is 54.6 Å². The molecule has 0 saturated heterocycles. The van der Waals surface area contributed by atoms with E-state index in [1.807, 2.05) is 54.0 Å². The molecule has 2 aromatic carbocycles. The van der Waals surface area contributed by atoms with Gasteiger partial charge >= 0.3 is 0 Å². The Labute approximate surface area is 201 Å². The van der Waals surface area contributed by atoms with Gasteiger partial charge in [-0.1, -0.05) is 69.2 Å². The molecule has 1 N–H and O–H groups in total. The second kappa shape index (κ2) is 8.90. The number of amides is 2. The minimum absolute atomic E-state index is 0.0664. The monoisotopic (exact) mass is 458 g/mol. The maximum atomic E-state index is 13.9. The molecule has 2 aliphatic rings. The molecule has 6 nitrogen and oxygen atoms in total. The summed E-state index contributed by atoms with van der Waals surface area (Å²) in [5.74, 6) is 0.698. The van der Waals surface area contributed by atoms with Crippen LogP contribution in [0.5, 0.6) is 0 Å². The number of imidazole rings is 1. The van der Waals surface area contributed by atoms with E-state index in [0.29, 0.717) is 24.8 Å². The van der Waals surface area contributed by atoms with Crippen molar-refractivity contribution < 1.29 is 9.59 Å². The van der Waals surface area contributed by atoms with Crippen LogP contribution in [0, 0.1) is 5.92 Å². The van der Waals surface area contributed by atoms with Gasteiger partial charge in [-0.05, 0) is 49.3 Å². The molecule has 3 aromatic rings. The first kappa shape index (κ1) is 22.6. The third kappa shape index (κ3) is 3.89. The van der Waals surface area contributed by atoms with Crippen LogP contribution in [0.3, 0.4) is 0 Å². The molecule has 0 bridgehead atoms. The minimum Gasteiger partial charge on any atom is -0.351 e. The summed E-state index contributed by atoms with van der Waals surface area (Å²) in [6.07, 6.45) is 4.48. The summed E-state index contributed by atoms with van der Waals surface area (Å²) in [7, 11) is 0. The molecule has 0 unspecified atom stereocenters. The van der Waals surface area contributed by atoms with E-state index >= 15 is 0 Å². The summed E-state index contributed by atoms with van der Waals surface area (Å²) < 4.78 is 1.94. The van der Waals surface area contributed by atoms with Crippen molar-refractivity contribution in [2.24, 2.45) is 5.92 Å². The molecule has 1 aromatic heterocycles. The number of fused-ring (bicyclic) bond motifs is 3. The fraction of sp³-hybridized carbons (Fsp3) is 0.464. The highest BCUT2D eigenvalue weighted by Gasteiger charge is 2.49. The van der Waals surface area contributed by atoms with E-state index in [4.69, 9.17) is 0 Å². The second-order valence-corrected chi connectivity index (χ2v) is 10.4. The molecule has 5 rings (SSSR count). The molecule has 6 heteroatoms. The minimum atomic E-state index is -1.01. The predicted molar refractivity (Wildman–Crippen MR) is 134 cm³/mol. The van der Waals surface area contributed by atoms with Crippen LogP contribution >= 0.6 is 0 Å². The van der Waals surface area contributed by atoms with Crippen molar-refractivity contribution in [3.63, 3.8) is 0 Å². The van der Waals surface area contributed by atoms with E-state index in [9.17, 15) is 9.59 Å². The van der Waals surface area contributed by atoms with Gasteiger partial charge < -0.3 is 14.8 Å². The highest BCUT2D eigenvalue weighted by molar-refractivity contribution is 6.01. The van der Waals surface area contributed by atoms with Gasteiger partial charge in [0.2, 0.25) is 5.91 Å². The molecule has 1 fully saturated rings. The number of aromatic nitrogens is 2. The van der Waals surface area contributed by atoms with Crippen LogP contribution in [0.1, 0.15) is 68.6 Å². The Morgan fingerprint density at radius 1 is 1.12 bits per heavy atom. The van der Waals surface area contributed by atoms with Crippen LogP contribution < -0.4 is 5.32 Å². The van der Waals surface area contributed by atoms with Crippen molar-refractivity contribution in [2.75, 3.05) is 6.54 Å². The molecular formula is C28H34N4O2. The number of benzene rings is 2. The van der Waals surface area contributed by atoms with Gasteiger partial charge in [-0.3, -0.25) is 9.59 Å². The largest absolute Gasteiger partial charge is 0.351 e. The summed E-state index contributed by atoms with van der Waals surface area (Å²) >= 11 is 0. The molecule has 4 atom stereocenters.